The molecule has 2 atom stereocenters. The Morgan fingerprint density at radius 2 is 2.47 bits per heavy atom. The van der Waals surface area contributed by atoms with Gasteiger partial charge >= 0.3 is 5.97 Å². The van der Waals surface area contributed by atoms with Gasteiger partial charge in [-0.25, -0.2) is 4.98 Å². The van der Waals surface area contributed by atoms with Crippen LogP contribution >= 0.6 is 11.3 Å². The highest BCUT2D eigenvalue weighted by Gasteiger charge is 2.45. The summed E-state index contributed by atoms with van der Waals surface area (Å²) in [6.45, 7) is 4.10. The molecule has 1 aromatic heterocycles. The lowest BCUT2D eigenvalue weighted by atomic mass is 9.82. The number of aromatic nitrogens is 1. The number of aryl methyl sites for hydroxylation is 1. The summed E-state index contributed by atoms with van der Waals surface area (Å²) < 4.78 is 0. The molecule has 2 rings (SSSR count). The van der Waals surface area contributed by atoms with E-state index < -0.39 is 11.4 Å². The van der Waals surface area contributed by atoms with E-state index in [9.17, 15) is 9.90 Å². The second-order valence-electron chi connectivity index (χ2n) is 5.16. The van der Waals surface area contributed by atoms with Gasteiger partial charge in [0.1, 0.15) is 0 Å². The molecule has 1 heterocycles. The average molecular weight is 253 g/mol. The molecule has 4 heteroatoms. The lowest BCUT2D eigenvalue weighted by molar-refractivity contribution is -0.148. The Morgan fingerprint density at radius 1 is 1.71 bits per heavy atom. The number of aliphatic carboxylic acids is 1. The van der Waals surface area contributed by atoms with Gasteiger partial charge in [-0.05, 0) is 32.1 Å². The Hall–Kier alpha value is -0.900. The molecule has 0 bridgehead atoms. The summed E-state index contributed by atoms with van der Waals surface area (Å²) in [5, 5.41) is 12.5. The Bertz CT molecular complexity index is 415. The van der Waals surface area contributed by atoms with Crippen molar-refractivity contribution in [3.8, 4) is 0 Å². The van der Waals surface area contributed by atoms with Crippen LogP contribution in [-0.2, 0) is 11.2 Å². The van der Waals surface area contributed by atoms with Gasteiger partial charge in [-0.2, -0.15) is 0 Å². The molecule has 94 valence electrons. The fraction of sp³-hybridized carbons (Fsp3) is 0.692. The van der Waals surface area contributed by atoms with Gasteiger partial charge in [-0.1, -0.05) is 13.3 Å². The molecule has 0 amide bonds. The fourth-order valence-corrected chi connectivity index (χ4v) is 3.70. The van der Waals surface area contributed by atoms with Crippen LogP contribution in [0.4, 0.5) is 0 Å². The molecule has 1 N–H and O–H groups in total. The molecule has 0 spiro atoms. The van der Waals surface area contributed by atoms with Crippen LogP contribution < -0.4 is 0 Å². The van der Waals surface area contributed by atoms with Gasteiger partial charge in [0.05, 0.1) is 10.4 Å². The van der Waals surface area contributed by atoms with Crippen molar-refractivity contribution in [3.63, 3.8) is 0 Å². The summed E-state index contributed by atoms with van der Waals surface area (Å²) >= 11 is 1.59. The topological polar surface area (TPSA) is 50.2 Å². The minimum Gasteiger partial charge on any atom is -0.481 e. The van der Waals surface area contributed by atoms with Crippen molar-refractivity contribution >= 4 is 17.3 Å². The first-order chi connectivity index (χ1) is 8.05. The quantitative estimate of drug-likeness (QED) is 0.896. The Morgan fingerprint density at radius 3 is 2.94 bits per heavy atom. The van der Waals surface area contributed by atoms with Gasteiger partial charge in [-0.3, -0.25) is 4.79 Å². The zero-order valence-corrected chi connectivity index (χ0v) is 11.2. The highest BCUT2D eigenvalue weighted by Crippen LogP contribution is 2.45. The number of thiazole rings is 1. The van der Waals surface area contributed by atoms with Gasteiger partial charge in [0.2, 0.25) is 0 Å². The number of hydrogen-bond donors (Lipinski definition) is 1. The maximum atomic E-state index is 11.6. The zero-order chi connectivity index (χ0) is 12.5. The van der Waals surface area contributed by atoms with Crippen LogP contribution in [0.5, 0.6) is 0 Å². The van der Waals surface area contributed by atoms with E-state index in [1.165, 1.54) is 0 Å². The first-order valence-electron chi connectivity index (χ1n) is 6.20. The monoisotopic (exact) mass is 253 g/mol. The van der Waals surface area contributed by atoms with Crippen LogP contribution in [0.2, 0.25) is 0 Å². The van der Waals surface area contributed by atoms with Crippen molar-refractivity contribution in [2.24, 2.45) is 11.3 Å². The van der Waals surface area contributed by atoms with Crippen LogP contribution in [-0.4, -0.2) is 16.1 Å². The molecular weight excluding hydrogens is 234 g/mol. The average Bonchev–Trinajstić information content (AvgIpc) is 2.87. The second kappa shape index (κ2) is 4.77. The lowest BCUT2D eigenvalue weighted by Gasteiger charge is -2.23. The maximum Gasteiger partial charge on any atom is 0.310 e. The van der Waals surface area contributed by atoms with Crippen LogP contribution in [0.1, 0.15) is 43.3 Å². The summed E-state index contributed by atoms with van der Waals surface area (Å²) in [6.07, 6.45) is 4.37. The Labute approximate surface area is 106 Å². The highest BCUT2D eigenvalue weighted by molar-refractivity contribution is 7.09. The second-order valence-corrected chi connectivity index (χ2v) is 6.10. The third-order valence-electron chi connectivity index (χ3n) is 3.90. The predicted molar refractivity (Wildman–Crippen MR) is 68.3 cm³/mol. The van der Waals surface area contributed by atoms with E-state index in [0.717, 1.165) is 36.4 Å². The van der Waals surface area contributed by atoms with Gasteiger partial charge < -0.3 is 5.11 Å². The molecule has 1 fully saturated rings. The summed E-state index contributed by atoms with van der Waals surface area (Å²) in [5.41, 5.74) is 0.445. The third-order valence-corrected chi connectivity index (χ3v) is 4.86. The first kappa shape index (κ1) is 12.6. The molecule has 1 aliphatic carbocycles. The van der Waals surface area contributed by atoms with Crippen molar-refractivity contribution in [2.75, 3.05) is 0 Å². The minimum atomic E-state index is -0.638. The number of carboxylic acids is 1. The summed E-state index contributed by atoms with van der Waals surface area (Å²) in [4.78, 5) is 16.0. The molecule has 0 aliphatic heterocycles. The van der Waals surface area contributed by atoms with Crippen LogP contribution in [0.3, 0.4) is 0 Å². The number of carbonyl (C=O) groups is 1. The molecule has 2 unspecified atom stereocenters. The molecule has 0 radical (unpaired) electrons. The van der Waals surface area contributed by atoms with Crippen LogP contribution in [0, 0.1) is 18.3 Å². The van der Waals surface area contributed by atoms with E-state index in [-0.39, 0.29) is 0 Å². The molecule has 1 aromatic rings. The lowest BCUT2D eigenvalue weighted by Crippen LogP contribution is -2.30. The van der Waals surface area contributed by atoms with E-state index in [1.54, 1.807) is 11.3 Å². The largest absolute Gasteiger partial charge is 0.481 e. The van der Waals surface area contributed by atoms with Crippen molar-refractivity contribution in [1.82, 2.24) is 4.98 Å². The number of rotatable bonds is 4. The highest BCUT2D eigenvalue weighted by atomic mass is 32.1. The van der Waals surface area contributed by atoms with E-state index in [0.29, 0.717) is 12.3 Å². The van der Waals surface area contributed by atoms with Gasteiger partial charge in [0.25, 0.3) is 0 Å². The van der Waals surface area contributed by atoms with E-state index >= 15 is 0 Å². The smallest absolute Gasteiger partial charge is 0.310 e. The fourth-order valence-electron chi connectivity index (χ4n) is 2.79. The van der Waals surface area contributed by atoms with Crippen LogP contribution in [0.15, 0.2) is 5.38 Å². The Balaban J connectivity index is 2.16. The van der Waals surface area contributed by atoms with E-state index in [4.69, 9.17) is 0 Å². The minimum absolute atomic E-state index is 0.551. The molecule has 0 aromatic carbocycles. The molecule has 3 nitrogen and oxygen atoms in total. The molecule has 1 aliphatic rings. The van der Waals surface area contributed by atoms with Crippen molar-refractivity contribution in [1.29, 1.82) is 0 Å². The number of carboxylic acid groups (broad SMARTS) is 1. The third kappa shape index (κ3) is 2.51. The van der Waals surface area contributed by atoms with Crippen molar-refractivity contribution in [2.45, 2.75) is 46.0 Å². The molecule has 0 saturated heterocycles. The zero-order valence-electron chi connectivity index (χ0n) is 10.4. The maximum absolute atomic E-state index is 11.6. The molecule has 17 heavy (non-hydrogen) atoms. The standard InChI is InChI=1S/C13H19NO2S/c1-3-10-4-5-13(6-10,12(15)16)7-11-14-9(2)8-17-11/h8,10H,3-7H2,1-2H3,(H,15,16). The first-order valence-corrected chi connectivity index (χ1v) is 7.08. The Kier molecular flexibility index (Phi) is 3.52. The van der Waals surface area contributed by atoms with Gasteiger partial charge in [0.15, 0.2) is 0 Å². The normalized spacial score (nSPS) is 28.5. The summed E-state index contributed by atoms with van der Waals surface area (Å²) in [7, 11) is 0. The van der Waals surface area contributed by atoms with Crippen LogP contribution in [0.25, 0.3) is 0 Å². The van der Waals surface area contributed by atoms with Gasteiger partial charge in [-0.15, -0.1) is 11.3 Å². The predicted octanol–water partition coefficient (Wildman–Crippen LogP) is 3.28. The van der Waals surface area contributed by atoms with Crippen molar-refractivity contribution < 1.29 is 9.90 Å². The number of nitrogens with zero attached hydrogens (tertiary/aromatic N) is 1. The molecular formula is C13H19NO2S. The summed E-state index contributed by atoms with van der Waals surface area (Å²) in [6, 6.07) is 0. The number of hydrogen-bond acceptors (Lipinski definition) is 3. The van der Waals surface area contributed by atoms with E-state index in [1.807, 2.05) is 12.3 Å². The van der Waals surface area contributed by atoms with Gasteiger partial charge in [0, 0.05) is 17.5 Å². The van der Waals surface area contributed by atoms with E-state index in [2.05, 4.69) is 11.9 Å². The molecule has 1 saturated carbocycles. The van der Waals surface area contributed by atoms with Crippen molar-refractivity contribution in [3.05, 3.63) is 16.1 Å². The SMILES string of the molecule is CCC1CCC(Cc2nc(C)cs2)(C(=O)O)C1. The summed E-state index contributed by atoms with van der Waals surface area (Å²) in [5.74, 6) is -0.0616.